The highest BCUT2D eigenvalue weighted by atomic mass is 32.2. The third kappa shape index (κ3) is 1.77. The monoisotopic (exact) mass is 201 g/mol. The molecule has 0 aromatic heterocycles. The third-order valence-electron chi connectivity index (χ3n) is 2.79. The zero-order chi connectivity index (χ0) is 10.4. The number of carbonyl (C=O) groups is 1. The number of ketones is 1. The second kappa shape index (κ2) is 2.99. The van der Waals surface area contributed by atoms with Gasteiger partial charge in [0.25, 0.3) is 0 Å². The molecular formula is C10H19NOS. The minimum atomic E-state index is 0.0318. The highest BCUT2D eigenvalue weighted by Crippen LogP contribution is 2.49. The van der Waals surface area contributed by atoms with Crippen molar-refractivity contribution in [2.45, 2.75) is 50.3 Å². The third-order valence-corrected chi connectivity index (χ3v) is 4.33. The molecule has 1 aliphatic heterocycles. The first kappa shape index (κ1) is 11.1. The van der Waals surface area contributed by atoms with E-state index in [1.165, 1.54) is 0 Å². The zero-order valence-corrected chi connectivity index (χ0v) is 10.2. The van der Waals surface area contributed by atoms with Gasteiger partial charge in [0.15, 0.2) is 0 Å². The van der Waals surface area contributed by atoms with Crippen LogP contribution >= 0.6 is 11.8 Å². The number of carbonyl (C=O) groups excluding carboxylic acids is 1. The van der Waals surface area contributed by atoms with Gasteiger partial charge in [-0.1, -0.05) is 0 Å². The van der Waals surface area contributed by atoms with Crippen molar-refractivity contribution < 1.29 is 4.79 Å². The predicted octanol–water partition coefficient (Wildman–Crippen LogP) is 2.14. The van der Waals surface area contributed by atoms with E-state index in [0.29, 0.717) is 0 Å². The molecule has 0 spiro atoms. The first-order chi connectivity index (χ1) is 5.68. The van der Waals surface area contributed by atoms with E-state index < -0.39 is 0 Å². The number of nitrogens with zero attached hydrogens (tertiary/aromatic N) is 1. The summed E-state index contributed by atoms with van der Waals surface area (Å²) in [6, 6.07) is 0.0486. The summed E-state index contributed by atoms with van der Waals surface area (Å²) in [5, 5.41) is 0. The molecule has 2 nitrogen and oxygen atoms in total. The Hall–Kier alpha value is -0.0200. The molecule has 0 radical (unpaired) electrons. The average molecular weight is 201 g/mol. The topological polar surface area (TPSA) is 20.3 Å². The maximum absolute atomic E-state index is 11.5. The van der Waals surface area contributed by atoms with E-state index in [9.17, 15) is 4.79 Å². The second-order valence-electron chi connectivity index (χ2n) is 4.78. The normalized spacial score (nSPS) is 32.0. The summed E-state index contributed by atoms with van der Waals surface area (Å²) in [6.45, 7) is 10.3. The standard InChI is InChI=1S/C10H19NOS/c1-7(12)8-9(2,3)13-10(4,5)11(8)6/h8H,1-6H3. The Kier molecular flexibility index (Phi) is 2.54. The SMILES string of the molecule is CC(=O)C1N(C)C(C)(C)SC1(C)C. The average Bonchev–Trinajstić information content (AvgIpc) is 1.96. The molecule has 1 heterocycles. The lowest BCUT2D eigenvalue weighted by Gasteiger charge is -2.30. The first-order valence-electron chi connectivity index (χ1n) is 4.62. The molecule has 1 atom stereocenters. The van der Waals surface area contributed by atoms with Gasteiger partial charge in [0.1, 0.15) is 5.78 Å². The Balaban J connectivity index is 3.02. The lowest BCUT2D eigenvalue weighted by Crippen LogP contribution is -2.47. The van der Waals surface area contributed by atoms with Crippen LogP contribution in [0, 0.1) is 0 Å². The summed E-state index contributed by atoms with van der Waals surface area (Å²) >= 11 is 1.87. The van der Waals surface area contributed by atoms with Crippen LogP contribution in [0.15, 0.2) is 0 Å². The van der Waals surface area contributed by atoms with Crippen LogP contribution < -0.4 is 0 Å². The van der Waals surface area contributed by atoms with Crippen LogP contribution in [0.4, 0.5) is 0 Å². The Morgan fingerprint density at radius 3 is 1.92 bits per heavy atom. The van der Waals surface area contributed by atoms with E-state index in [1.54, 1.807) is 6.92 Å². The summed E-state index contributed by atoms with van der Waals surface area (Å²) in [5.74, 6) is 0.269. The Bertz CT molecular complexity index is 235. The maximum atomic E-state index is 11.5. The molecule has 0 aliphatic carbocycles. The molecule has 1 rings (SSSR count). The van der Waals surface area contributed by atoms with Gasteiger partial charge in [-0.25, -0.2) is 0 Å². The van der Waals surface area contributed by atoms with Gasteiger partial charge < -0.3 is 0 Å². The van der Waals surface area contributed by atoms with E-state index in [0.717, 1.165) is 0 Å². The van der Waals surface area contributed by atoms with Crippen molar-refractivity contribution in [3.8, 4) is 0 Å². The molecule has 13 heavy (non-hydrogen) atoms. The molecule has 1 aliphatic rings. The molecule has 76 valence electrons. The number of Topliss-reactive ketones (excluding diaryl/α,β-unsaturated/α-hetero) is 1. The highest BCUT2D eigenvalue weighted by Gasteiger charge is 2.51. The van der Waals surface area contributed by atoms with Crippen molar-refractivity contribution in [2.75, 3.05) is 7.05 Å². The fraction of sp³-hybridized carbons (Fsp3) is 0.900. The van der Waals surface area contributed by atoms with Gasteiger partial charge >= 0.3 is 0 Å². The molecular weight excluding hydrogens is 182 g/mol. The fourth-order valence-electron chi connectivity index (χ4n) is 2.31. The van der Waals surface area contributed by atoms with Gasteiger partial charge in [0.2, 0.25) is 0 Å². The number of thioether (sulfide) groups is 1. The van der Waals surface area contributed by atoms with Crippen LogP contribution in [0.25, 0.3) is 0 Å². The van der Waals surface area contributed by atoms with Gasteiger partial charge in [-0.2, -0.15) is 0 Å². The summed E-state index contributed by atoms with van der Waals surface area (Å²) in [5.41, 5.74) is 0. The molecule has 0 aromatic carbocycles. The number of rotatable bonds is 1. The molecule has 0 N–H and O–H groups in total. The quantitative estimate of drug-likeness (QED) is 0.648. The fourth-order valence-corrected chi connectivity index (χ4v) is 4.28. The van der Waals surface area contributed by atoms with Crippen molar-refractivity contribution in [1.82, 2.24) is 4.90 Å². The van der Waals surface area contributed by atoms with E-state index >= 15 is 0 Å². The minimum Gasteiger partial charge on any atom is -0.298 e. The summed E-state index contributed by atoms with van der Waals surface area (Å²) in [6.07, 6.45) is 0. The Morgan fingerprint density at radius 1 is 1.31 bits per heavy atom. The van der Waals surface area contributed by atoms with Crippen molar-refractivity contribution in [3.63, 3.8) is 0 Å². The van der Waals surface area contributed by atoms with E-state index in [4.69, 9.17) is 0 Å². The lowest BCUT2D eigenvalue weighted by molar-refractivity contribution is -0.122. The van der Waals surface area contributed by atoms with Crippen molar-refractivity contribution in [3.05, 3.63) is 0 Å². The Labute approximate surface area is 85.1 Å². The van der Waals surface area contributed by atoms with E-state index in [1.807, 2.05) is 18.8 Å². The number of likely N-dealkylation sites (N-methyl/N-ethyl adjacent to an activating group) is 1. The second-order valence-corrected chi connectivity index (χ2v) is 7.03. The molecule has 1 fully saturated rings. The van der Waals surface area contributed by atoms with Crippen molar-refractivity contribution in [2.24, 2.45) is 0 Å². The van der Waals surface area contributed by atoms with Gasteiger partial charge in [-0.15, -0.1) is 11.8 Å². The predicted molar refractivity (Wildman–Crippen MR) is 58.0 cm³/mol. The molecule has 0 bridgehead atoms. The van der Waals surface area contributed by atoms with Gasteiger partial charge in [0.05, 0.1) is 10.9 Å². The molecule has 1 unspecified atom stereocenters. The number of hydrogen-bond donors (Lipinski definition) is 0. The Morgan fingerprint density at radius 2 is 1.77 bits per heavy atom. The minimum absolute atomic E-state index is 0.0318. The van der Waals surface area contributed by atoms with Gasteiger partial charge in [0, 0.05) is 4.75 Å². The van der Waals surface area contributed by atoms with Crippen LogP contribution in [-0.2, 0) is 4.79 Å². The van der Waals surface area contributed by atoms with Crippen molar-refractivity contribution in [1.29, 1.82) is 0 Å². The van der Waals surface area contributed by atoms with Gasteiger partial charge in [-0.05, 0) is 41.7 Å². The largest absolute Gasteiger partial charge is 0.298 e. The molecule has 1 saturated heterocycles. The van der Waals surface area contributed by atoms with Crippen LogP contribution in [0.1, 0.15) is 34.6 Å². The lowest BCUT2D eigenvalue weighted by atomic mass is 9.98. The molecule has 3 heteroatoms. The first-order valence-corrected chi connectivity index (χ1v) is 5.44. The smallest absolute Gasteiger partial charge is 0.148 e. The summed E-state index contributed by atoms with van der Waals surface area (Å²) in [4.78, 5) is 13.8. The van der Waals surface area contributed by atoms with Crippen molar-refractivity contribution >= 4 is 17.5 Å². The van der Waals surface area contributed by atoms with Crippen LogP contribution in [-0.4, -0.2) is 33.4 Å². The zero-order valence-electron chi connectivity index (χ0n) is 9.34. The molecule has 0 aromatic rings. The molecule has 0 amide bonds. The van der Waals surface area contributed by atoms with Gasteiger partial charge in [-0.3, -0.25) is 9.69 Å². The number of hydrogen-bond acceptors (Lipinski definition) is 3. The van der Waals surface area contributed by atoms with Crippen LogP contribution in [0.2, 0.25) is 0 Å². The summed E-state index contributed by atoms with van der Waals surface area (Å²) < 4.78 is 0.0318. The van der Waals surface area contributed by atoms with Crippen LogP contribution in [0.3, 0.4) is 0 Å². The van der Waals surface area contributed by atoms with E-state index in [2.05, 4.69) is 32.6 Å². The van der Waals surface area contributed by atoms with Crippen LogP contribution in [0.5, 0.6) is 0 Å². The maximum Gasteiger partial charge on any atom is 0.148 e. The summed E-state index contributed by atoms with van der Waals surface area (Å²) in [7, 11) is 2.04. The highest BCUT2D eigenvalue weighted by molar-refractivity contribution is 8.02. The van der Waals surface area contributed by atoms with E-state index in [-0.39, 0.29) is 21.4 Å². The molecule has 0 saturated carbocycles.